The summed E-state index contributed by atoms with van der Waals surface area (Å²) in [6.45, 7) is 3.76. The second-order valence-corrected chi connectivity index (χ2v) is 4.48. The highest BCUT2D eigenvalue weighted by Crippen LogP contribution is 2.16. The van der Waals surface area contributed by atoms with E-state index in [0.29, 0.717) is 0 Å². The Kier molecular flexibility index (Phi) is 4.29. The highest BCUT2D eigenvalue weighted by Gasteiger charge is 2.12. The van der Waals surface area contributed by atoms with Crippen LogP contribution in [-0.2, 0) is 4.79 Å². The van der Waals surface area contributed by atoms with Crippen LogP contribution < -0.4 is 11.1 Å². The van der Waals surface area contributed by atoms with Crippen LogP contribution in [0, 0.1) is 0 Å². The highest BCUT2D eigenvalue weighted by molar-refractivity contribution is 9.10. The molecule has 0 saturated heterocycles. The maximum atomic E-state index is 10.9. The number of hydrogen-bond acceptors (Lipinski definition) is 2. The van der Waals surface area contributed by atoms with Crippen molar-refractivity contribution in [3.8, 4) is 0 Å². The van der Waals surface area contributed by atoms with Gasteiger partial charge in [-0.1, -0.05) is 28.1 Å². The average molecular weight is 271 g/mol. The van der Waals surface area contributed by atoms with E-state index in [-0.39, 0.29) is 18.0 Å². The number of hydrogen-bond donors (Lipinski definition) is 2. The molecule has 1 aromatic rings. The predicted octanol–water partition coefficient (Wildman–Crippen LogP) is 1.97. The van der Waals surface area contributed by atoms with E-state index in [1.54, 1.807) is 6.92 Å². The highest BCUT2D eigenvalue weighted by atomic mass is 79.9. The zero-order chi connectivity index (χ0) is 11.4. The van der Waals surface area contributed by atoms with E-state index in [2.05, 4.69) is 21.2 Å². The molecule has 2 atom stereocenters. The van der Waals surface area contributed by atoms with Gasteiger partial charge in [0.2, 0.25) is 5.91 Å². The Balaban J connectivity index is 2.64. The fourth-order valence-electron chi connectivity index (χ4n) is 1.30. The molecule has 3 N–H and O–H groups in total. The minimum atomic E-state index is -0.334. The summed E-state index contributed by atoms with van der Waals surface area (Å²) < 4.78 is 1.04. The second-order valence-electron chi connectivity index (χ2n) is 3.56. The van der Waals surface area contributed by atoms with Crippen LogP contribution in [0.5, 0.6) is 0 Å². The molecule has 0 fully saturated rings. The van der Waals surface area contributed by atoms with Crippen molar-refractivity contribution in [1.29, 1.82) is 0 Å². The standard InChI is InChI=1S/C11H15BrN2O/c1-7(14-8(2)11(13)15)9-3-5-10(12)6-4-9/h3-8,14H,1-2H3,(H2,13,15). The molecule has 0 spiro atoms. The topological polar surface area (TPSA) is 55.1 Å². The van der Waals surface area contributed by atoms with Gasteiger partial charge in [-0.05, 0) is 31.5 Å². The van der Waals surface area contributed by atoms with Crippen molar-refractivity contribution in [2.75, 3.05) is 0 Å². The normalized spacial score (nSPS) is 14.6. The third-order valence-electron chi connectivity index (χ3n) is 2.30. The lowest BCUT2D eigenvalue weighted by atomic mass is 10.1. The minimum Gasteiger partial charge on any atom is -0.368 e. The lowest BCUT2D eigenvalue weighted by Crippen LogP contribution is -2.39. The Morgan fingerprint density at radius 1 is 1.33 bits per heavy atom. The van der Waals surface area contributed by atoms with Crippen molar-refractivity contribution in [3.63, 3.8) is 0 Å². The zero-order valence-corrected chi connectivity index (χ0v) is 10.4. The number of amides is 1. The maximum absolute atomic E-state index is 10.9. The van der Waals surface area contributed by atoms with E-state index >= 15 is 0 Å². The van der Waals surface area contributed by atoms with Gasteiger partial charge >= 0.3 is 0 Å². The second kappa shape index (κ2) is 5.28. The fourth-order valence-corrected chi connectivity index (χ4v) is 1.57. The summed E-state index contributed by atoms with van der Waals surface area (Å²) in [5.74, 6) is -0.334. The zero-order valence-electron chi connectivity index (χ0n) is 8.83. The largest absolute Gasteiger partial charge is 0.368 e. The summed E-state index contributed by atoms with van der Waals surface area (Å²) in [7, 11) is 0. The monoisotopic (exact) mass is 270 g/mol. The Morgan fingerprint density at radius 3 is 2.33 bits per heavy atom. The van der Waals surface area contributed by atoms with Crippen LogP contribution in [0.3, 0.4) is 0 Å². The average Bonchev–Trinajstić information content (AvgIpc) is 2.18. The smallest absolute Gasteiger partial charge is 0.234 e. The van der Waals surface area contributed by atoms with Crippen LogP contribution >= 0.6 is 15.9 Å². The first-order chi connectivity index (χ1) is 7.00. The summed E-state index contributed by atoms with van der Waals surface area (Å²) >= 11 is 3.37. The van der Waals surface area contributed by atoms with Crippen LogP contribution in [0.4, 0.5) is 0 Å². The quantitative estimate of drug-likeness (QED) is 0.879. The van der Waals surface area contributed by atoms with Gasteiger partial charge in [-0.3, -0.25) is 10.1 Å². The number of halogens is 1. The molecular formula is C11H15BrN2O. The van der Waals surface area contributed by atoms with Gasteiger partial charge in [0.15, 0.2) is 0 Å². The molecule has 0 aliphatic heterocycles. The van der Waals surface area contributed by atoms with Gasteiger partial charge in [0.05, 0.1) is 6.04 Å². The summed E-state index contributed by atoms with van der Waals surface area (Å²) in [4.78, 5) is 10.9. The van der Waals surface area contributed by atoms with E-state index in [1.165, 1.54) is 0 Å². The third-order valence-corrected chi connectivity index (χ3v) is 2.83. The van der Waals surface area contributed by atoms with Gasteiger partial charge in [0.1, 0.15) is 0 Å². The number of nitrogens with two attached hydrogens (primary N) is 1. The maximum Gasteiger partial charge on any atom is 0.234 e. The molecule has 3 nitrogen and oxygen atoms in total. The lowest BCUT2D eigenvalue weighted by Gasteiger charge is -2.17. The van der Waals surface area contributed by atoms with Crippen LogP contribution in [-0.4, -0.2) is 11.9 Å². The first-order valence-electron chi connectivity index (χ1n) is 4.81. The van der Waals surface area contributed by atoms with E-state index in [1.807, 2.05) is 31.2 Å². The number of primary amides is 1. The third kappa shape index (κ3) is 3.64. The Morgan fingerprint density at radius 2 is 1.87 bits per heavy atom. The van der Waals surface area contributed by atoms with Crippen molar-refractivity contribution >= 4 is 21.8 Å². The molecule has 82 valence electrons. The van der Waals surface area contributed by atoms with Crippen LogP contribution in [0.2, 0.25) is 0 Å². The van der Waals surface area contributed by atoms with E-state index in [4.69, 9.17) is 5.73 Å². The Labute approximate surface area is 98.2 Å². The van der Waals surface area contributed by atoms with E-state index < -0.39 is 0 Å². The van der Waals surface area contributed by atoms with Crippen molar-refractivity contribution in [2.45, 2.75) is 25.9 Å². The van der Waals surface area contributed by atoms with Gasteiger partial charge in [-0.2, -0.15) is 0 Å². The molecule has 0 radical (unpaired) electrons. The van der Waals surface area contributed by atoms with Gasteiger partial charge in [0, 0.05) is 10.5 Å². The molecule has 1 amide bonds. The first-order valence-corrected chi connectivity index (χ1v) is 5.61. The van der Waals surface area contributed by atoms with Gasteiger partial charge in [-0.15, -0.1) is 0 Å². The summed E-state index contributed by atoms with van der Waals surface area (Å²) in [5.41, 5.74) is 6.31. The summed E-state index contributed by atoms with van der Waals surface area (Å²) in [6.07, 6.45) is 0. The molecule has 0 saturated carbocycles. The molecule has 2 unspecified atom stereocenters. The molecular weight excluding hydrogens is 256 g/mol. The Hall–Kier alpha value is -0.870. The van der Waals surface area contributed by atoms with E-state index in [9.17, 15) is 4.79 Å². The van der Waals surface area contributed by atoms with Gasteiger partial charge < -0.3 is 5.73 Å². The van der Waals surface area contributed by atoms with Crippen molar-refractivity contribution in [3.05, 3.63) is 34.3 Å². The molecule has 0 aliphatic carbocycles. The summed E-state index contributed by atoms with van der Waals surface area (Å²) in [6, 6.07) is 7.76. The first kappa shape index (κ1) is 12.2. The SMILES string of the molecule is CC(NC(C)c1ccc(Br)cc1)C(N)=O. The molecule has 0 aliphatic rings. The molecule has 0 aromatic heterocycles. The number of carbonyl (C=O) groups is 1. The van der Waals surface area contributed by atoms with Gasteiger partial charge in [0.25, 0.3) is 0 Å². The number of rotatable bonds is 4. The Bertz CT molecular complexity index is 337. The number of nitrogens with one attached hydrogen (secondary N) is 1. The minimum absolute atomic E-state index is 0.112. The molecule has 1 rings (SSSR count). The number of carbonyl (C=O) groups excluding carboxylic acids is 1. The van der Waals surface area contributed by atoms with Crippen LogP contribution in [0.15, 0.2) is 28.7 Å². The van der Waals surface area contributed by atoms with Crippen molar-refractivity contribution < 1.29 is 4.79 Å². The summed E-state index contributed by atoms with van der Waals surface area (Å²) in [5, 5.41) is 3.13. The van der Waals surface area contributed by atoms with Crippen LogP contribution in [0.25, 0.3) is 0 Å². The molecule has 0 bridgehead atoms. The number of benzene rings is 1. The fraction of sp³-hybridized carbons (Fsp3) is 0.364. The van der Waals surface area contributed by atoms with Crippen LogP contribution in [0.1, 0.15) is 25.5 Å². The molecule has 0 heterocycles. The predicted molar refractivity (Wildman–Crippen MR) is 64.3 cm³/mol. The van der Waals surface area contributed by atoms with Gasteiger partial charge in [-0.25, -0.2) is 0 Å². The lowest BCUT2D eigenvalue weighted by molar-refractivity contribution is -0.119. The van der Waals surface area contributed by atoms with Crippen molar-refractivity contribution in [1.82, 2.24) is 5.32 Å². The van der Waals surface area contributed by atoms with Crippen molar-refractivity contribution in [2.24, 2.45) is 5.73 Å². The van der Waals surface area contributed by atoms with E-state index in [0.717, 1.165) is 10.0 Å². The molecule has 4 heteroatoms. The molecule has 1 aromatic carbocycles. The molecule has 15 heavy (non-hydrogen) atoms.